The fraction of sp³-hybridized carbons (Fsp3) is 0.500. The third kappa shape index (κ3) is 2.85. The first-order valence-electron chi connectivity index (χ1n) is 6.39. The molecule has 3 nitrogen and oxygen atoms in total. The molecule has 4 heteroatoms. The highest BCUT2D eigenvalue weighted by Crippen LogP contribution is 2.32. The number of hydrogen-bond acceptors (Lipinski definition) is 2. The van der Waals surface area contributed by atoms with Crippen LogP contribution >= 0.6 is 11.6 Å². The molecule has 1 aromatic rings. The minimum absolute atomic E-state index is 0.0346. The summed E-state index contributed by atoms with van der Waals surface area (Å²) in [5.41, 5.74) is 7.47. The molecule has 0 radical (unpaired) electrons. The average Bonchev–Trinajstić information content (AvgIpc) is 2.81. The van der Waals surface area contributed by atoms with Gasteiger partial charge in [0.1, 0.15) is 0 Å². The van der Waals surface area contributed by atoms with Gasteiger partial charge in [-0.25, -0.2) is 0 Å². The van der Waals surface area contributed by atoms with Crippen LogP contribution in [0, 0.1) is 18.8 Å². The van der Waals surface area contributed by atoms with Crippen molar-refractivity contribution >= 4 is 23.2 Å². The van der Waals surface area contributed by atoms with E-state index in [1.165, 1.54) is 0 Å². The van der Waals surface area contributed by atoms with Crippen molar-refractivity contribution in [2.45, 2.75) is 26.2 Å². The van der Waals surface area contributed by atoms with Crippen molar-refractivity contribution in [2.75, 3.05) is 11.9 Å². The number of hydrogen-bond donors (Lipinski definition) is 2. The first-order chi connectivity index (χ1) is 8.61. The number of halogens is 1. The zero-order valence-corrected chi connectivity index (χ0v) is 11.3. The van der Waals surface area contributed by atoms with Crippen molar-refractivity contribution < 1.29 is 4.79 Å². The highest BCUT2D eigenvalue weighted by Gasteiger charge is 2.32. The zero-order valence-electron chi connectivity index (χ0n) is 10.6. The van der Waals surface area contributed by atoms with Crippen molar-refractivity contribution in [1.82, 2.24) is 0 Å². The summed E-state index contributed by atoms with van der Waals surface area (Å²) in [7, 11) is 0. The maximum Gasteiger partial charge on any atom is 0.227 e. The number of amides is 1. The van der Waals surface area contributed by atoms with Gasteiger partial charge in [-0.3, -0.25) is 4.79 Å². The fourth-order valence-electron chi connectivity index (χ4n) is 2.61. The van der Waals surface area contributed by atoms with Crippen LogP contribution in [0.5, 0.6) is 0 Å². The van der Waals surface area contributed by atoms with Gasteiger partial charge in [-0.1, -0.05) is 24.1 Å². The summed E-state index contributed by atoms with van der Waals surface area (Å²) in [5.74, 6) is 0.398. The molecule has 1 aliphatic carbocycles. The molecule has 1 saturated carbocycles. The Hall–Kier alpha value is -1.06. The van der Waals surface area contributed by atoms with E-state index in [-0.39, 0.29) is 11.8 Å². The number of nitrogens with two attached hydrogens (primary N) is 1. The summed E-state index contributed by atoms with van der Waals surface area (Å²) < 4.78 is 0. The number of nitrogens with one attached hydrogen (secondary N) is 1. The van der Waals surface area contributed by atoms with Crippen LogP contribution in [0.3, 0.4) is 0 Å². The standard InChI is InChI=1S/C14H19ClN2O/c1-9-5-6-13(12(15)7-9)17-14(18)11-4-2-3-10(11)8-16/h5-7,10-11H,2-4,8,16H2,1H3,(H,17,18)/t10-,11-/m1/s1. The van der Waals surface area contributed by atoms with Gasteiger partial charge in [-0.15, -0.1) is 0 Å². The van der Waals surface area contributed by atoms with Crippen LogP contribution in [0.15, 0.2) is 18.2 Å². The van der Waals surface area contributed by atoms with Crippen LogP contribution in [0.4, 0.5) is 5.69 Å². The number of carbonyl (C=O) groups excluding carboxylic acids is 1. The molecule has 3 N–H and O–H groups in total. The summed E-state index contributed by atoms with van der Waals surface area (Å²) in [6.07, 6.45) is 3.06. The molecule has 0 bridgehead atoms. The minimum Gasteiger partial charge on any atom is -0.330 e. The number of carbonyl (C=O) groups is 1. The van der Waals surface area contributed by atoms with Crippen molar-refractivity contribution in [3.05, 3.63) is 28.8 Å². The van der Waals surface area contributed by atoms with Crippen LogP contribution in [0.25, 0.3) is 0 Å². The number of rotatable bonds is 3. The first-order valence-corrected chi connectivity index (χ1v) is 6.76. The largest absolute Gasteiger partial charge is 0.330 e. The second kappa shape index (κ2) is 5.72. The third-order valence-corrected chi connectivity index (χ3v) is 3.99. The molecule has 0 unspecified atom stereocenters. The first kappa shape index (κ1) is 13.4. The van der Waals surface area contributed by atoms with Crippen LogP contribution < -0.4 is 11.1 Å². The van der Waals surface area contributed by atoms with E-state index in [4.69, 9.17) is 17.3 Å². The van der Waals surface area contributed by atoms with Crippen LogP contribution in [-0.2, 0) is 4.79 Å². The lowest BCUT2D eigenvalue weighted by molar-refractivity contribution is -0.120. The van der Waals surface area contributed by atoms with Gasteiger partial charge in [0.2, 0.25) is 5.91 Å². The molecule has 18 heavy (non-hydrogen) atoms. The van der Waals surface area contributed by atoms with E-state index in [1.54, 1.807) is 0 Å². The molecule has 1 amide bonds. The van der Waals surface area contributed by atoms with Crippen LogP contribution in [-0.4, -0.2) is 12.5 Å². The quantitative estimate of drug-likeness (QED) is 0.884. The lowest BCUT2D eigenvalue weighted by Gasteiger charge is -2.18. The smallest absolute Gasteiger partial charge is 0.227 e. The van der Waals surface area contributed by atoms with Crippen molar-refractivity contribution in [1.29, 1.82) is 0 Å². The normalized spacial score (nSPS) is 23.1. The van der Waals surface area contributed by atoms with Crippen LogP contribution in [0.2, 0.25) is 5.02 Å². The predicted octanol–water partition coefficient (Wildman–Crippen LogP) is 2.96. The van der Waals surface area contributed by atoms with Gasteiger partial charge in [0.25, 0.3) is 0 Å². The van der Waals surface area contributed by atoms with E-state index in [0.717, 1.165) is 24.8 Å². The molecule has 0 aromatic heterocycles. The van der Waals surface area contributed by atoms with Crippen molar-refractivity contribution in [3.63, 3.8) is 0 Å². The van der Waals surface area contributed by atoms with Gasteiger partial charge >= 0.3 is 0 Å². The Morgan fingerprint density at radius 2 is 2.28 bits per heavy atom. The lowest BCUT2D eigenvalue weighted by Crippen LogP contribution is -2.29. The Morgan fingerprint density at radius 1 is 1.50 bits per heavy atom. The highest BCUT2D eigenvalue weighted by atomic mass is 35.5. The summed E-state index contributed by atoms with van der Waals surface area (Å²) in [5, 5.41) is 3.51. The number of benzene rings is 1. The topological polar surface area (TPSA) is 55.1 Å². The lowest BCUT2D eigenvalue weighted by atomic mass is 9.95. The monoisotopic (exact) mass is 266 g/mol. The number of aryl methyl sites for hydroxylation is 1. The molecular weight excluding hydrogens is 248 g/mol. The second-order valence-electron chi connectivity index (χ2n) is 5.01. The number of anilines is 1. The Kier molecular flexibility index (Phi) is 4.25. The molecule has 2 rings (SSSR count). The van der Waals surface area contributed by atoms with E-state index < -0.39 is 0 Å². The van der Waals surface area contributed by atoms with E-state index in [1.807, 2.05) is 25.1 Å². The molecule has 1 aliphatic rings. The molecule has 98 valence electrons. The predicted molar refractivity (Wildman–Crippen MR) is 74.7 cm³/mol. The summed E-state index contributed by atoms with van der Waals surface area (Å²) in [6, 6.07) is 5.64. The van der Waals surface area contributed by atoms with Gasteiger partial charge in [0.15, 0.2) is 0 Å². The Morgan fingerprint density at radius 3 is 2.94 bits per heavy atom. The van der Waals surface area contributed by atoms with Gasteiger partial charge in [0.05, 0.1) is 10.7 Å². The van der Waals surface area contributed by atoms with Gasteiger partial charge in [-0.05, 0) is 49.9 Å². The van der Waals surface area contributed by atoms with E-state index in [2.05, 4.69) is 5.32 Å². The van der Waals surface area contributed by atoms with Gasteiger partial charge in [-0.2, -0.15) is 0 Å². The van der Waals surface area contributed by atoms with Gasteiger partial charge in [0, 0.05) is 5.92 Å². The maximum atomic E-state index is 12.2. The molecule has 0 heterocycles. The average molecular weight is 267 g/mol. The molecule has 0 aliphatic heterocycles. The molecule has 0 spiro atoms. The summed E-state index contributed by atoms with van der Waals surface area (Å²) in [4.78, 5) is 12.2. The molecule has 1 aromatic carbocycles. The van der Waals surface area contributed by atoms with Crippen LogP contribution in [0.1, 0.15) is 24.8 Å². The van der Waals surface area contributed by atoms with E-state index >= 15 is 0 Å². The highest BCUT2D eigenvalue weighted by molar-refractivity contribution is 6.33. The second-order valence-corrected chi connectivity index (χ2v) is 5.41. The maximum absolute atomic E-state index is 12.2. The molecular formula is C14H19ClN2O. The van der Waals surface area contributed by atoms with Gasteiger partial charge < -0.3 is 11.1 Å². The SMILES string of the molecule is Cc1ccc(NC(=O)[C@@H]2CCC[C@@H]2CN)c(Cl)c1. The third-order valence-electron chi connectivity index (χ3n) is 3.68. The Balaban J connectivity index is 2.07. The molecule has 0 saturated heterocycles. The fourth-order valence-corrected chi connectivity index (χ4v) is 2.89. The van der Waals surface area contributed by atoms with Crippen molar-refractivity contribution in [3.8, 4) is 0 Å². The van der Waals surface area contributed by atoms with E-state index in [9.17, 15) is 4.79 Å². The molecule has 1 fully saturated rings. The Bertz CT molecular complexity index is 447. The minimum atomic E-state index is 0.0346. The van der Waals surface area contributed by atoms with Crippen molar-refractivity contribution in [2.24, 2.45) is 17.6 Å². The summed E-state index contributed by atoms with van der Waals surface area (Å²) >= 11 is 6.11. The molecule has 2 atom stereocenters. The Labute approximate surface area is 113 Å². The van der Waals surface area contributed by atoms with E-state index in [0.29, 0.717) is 23.2 Å². The summed E-state index contributed by atoms with van der Waals surface area (Å²) in [6.45, 7) is 2.55. The zero-order chi connectivity index (χ0) is 13.1.